The summed E-state index contributed by atoms with van der Waals surface area (Å²) >= 11 is 1.28. The molecule has 0 saturated carbocycles. The number of aliphatic hydroxyl groups is 2. The molecule has 0 spiro atoms. The zero-order valence-corrected chi connectivity index (χ0v) is 14.7. The first-order chi connectivity index (χ1) is 11.4. The number of rotatable bonds is 4. The molecule has 3 N–H and O–H groups in total. The van der Waals surface area contributed by atoms with Crippen molar-refractivity contribution in [3.05, 3.63) is 35.9 Å². The Balaban J connectivity index is 1.70. The lowest BCUT2D eigenvalue weighted by Gasteiger charge is -2.38. The minimum absolute atomic E-state index is 0.127. The van der Waals surface area contributed by atoms with E-state index in [4.69, 9.17) is 4.74 Å². The van der Waals surface area contributed by atoms with E-state index >= 15 is 0 Å². The Morgan fingerprint density at radius 1 is 1.25 bits per heavy atom. The highest BCUT2D eigenvalue weighted by molar-refractivity contribution is 8.14. The Morgan fingerprint density at radius 3 is 2.62 bits per heavy atom. The van der Waals surface area contributed by atoms with Crippen molar-refractivity contribution in [2.45, 2.75) is 35.5 Å². The molecule has 132 valence electrons. The van der Waals surface area contributed by atoms with Gasteiger partial charge in [-0.15, -0.1) is 0 Å². The van der Waals surface area contributed by atoms with Crippen molar-refractivity contribution >= 4 is 26.8 Å². The van der Waals surface area contributed by atoms with Gasteiger partial charge in [0.2, 0.25) is 0 Å². The molecule has 0 aliphatic carbocycles. The van der Waals surface area contributed by atoms with E-state index in [1.54, 1.807) is 31.3 Å². The first-order valence-electron chi connectivity index (χ1n) is 7.55. The highest BCUT2D eigenvalue weighted by atomic mass is 32.2. The number of thioether (sulfide) groups is 1. The smallest absolute Gasteiger partial charge is 0.159 e. The maximum absolute atomic E-state index is 12.4. The number of aliphatic hydroxyl groups excluding tert-OH is 2. The van der Waals surface area contributed by atoms with E-state index in [9.17, 15) is 18.6 Å². The van der Waals surface area contributed by atoms with Crippen LogP contribution in [-0.2, 0) is 20.3 Å². The standard InChI is InChI=1S/C15H20N2O5S2/c1-16-15-17-11-13(19)12(18)10(22-14(11)23-15)8-24(20,21)7-9-5-3-2-4-6-9/h2-6,10-14,18-19H,7-8H2,1H3,(H,16,17). The average molecular weight is 372 g/mol. The van der Waals surface area contributed by atoms with Crippen molar-refractivity contribution < 1.29 is 23.4 Å². The summed E-state index contributed by atoms with van der Waals surface area (Å²) in [5.74, 6) is -0.472. The SMILES string of the molecule is CN=C1NC2C(OC(CS(=O)(=O)Cc3ccccc3)C(O)C2O)S1. The highest BCUT2D eigenvalue weighted by Crippen LogP contribution is 2.34. The van der Waals surface area contributed by atoms with Crippen LogP contribution in [0, 0.1) is 0 Å². The second-order valence-corrected chi connectivity index (χ2v) is 9.08. The lowest BCUT2D eigenvalue weighted by Crippen LogP contribution is -2.60. The number of ether oxygens (including phenoxy) is 1. The molecule has 2 fully saturated rings. The fraction of sp³-hybridized carbons (Fsp3) is 0.533. The molecule has 0 bridgehead atoms. The molecule has 0 aromatic heterocycles. The number of hydrogen-bond donors (Lipinski definition) is 3. The average Bonchev–Trinajstić information content (AvgIpc) is 2.96. The molecule has 1 aromatic rings. The molecular weight excluding hydrogens is 352 g/mol. The maximum Gasteiger partial charge on any atom is 0.159 e. The van der Waals surface area contributed by atoms with Crippen molar-refractivity contribution in [3.8, 4) is 0 Å². The van der Waals surface area contributed by atoms with Gasteiger partial charge in [0.05, 0.1) is 17.5 Å². The summed E-state index contributed by atoms with van der Waals surface area (Å²) in [4.78, 5) is 4.00. The molecule has 24 heavy (non-hydrogen) atoms. The number of sulfone groups is 1. The fourth-order valence-corrected chi connectivity index (χ4v) is 5.56. The number of amidine groups is 1. The Kier molecular flexibility index (Phi) is 5.16. The second-order valence-electron chi connectivity index (χ2n) is 5.88. The van der Waals surface area contributed by atoms with Gasteiger partial charge in [-0.3, -0.25) is 4.99 Å². The third-order valence-corrected chi connectivity index (χ3v) is 6.84. The Hall–Kier alpha value is -1.13. The summed E-state index contributed by atoms with van der Waals surface area (Å²) in [6.45, 7) is 0. The van der Waals surface area contributed by atoms with Crippen LogP contribution in [0.3, 0.4) is 0 Å². The van der Waals surface area contributed by atoms with Crippen molar-refractivity contribution in [3.63, 3.8) is 0 Å². The Bertz CT molecular complexity index is 710. The van der Waals surface area contributed by atoms with Crippen LogP contribution in [-0.4, -0.2) is 66.4 Å². The van der Waals surface area contributed by atoms with E-state index in [-0.39, 0.29) is 11.5 Å². The number of hydrogen-bond acceptors (Lipinski definition) is 7. The van der Waals surface area contributed by atoms with Crippen molar-refractivity contribution in [2.24, 2.45) is 4.99 Å². The largest absolute Gasteiger partial charge is 0.388 e. The summed E-state index contributed by atoms with van der Waals surface area (Å²) in [6, 6.07) is 8.34. The van der Waals surface area contributed by atoms with Crippen LogP contribution in [0.4, 0.5) is 0 Å². The lowest BCUT2D eigenvalue weighted by atomic mass is 9.99. The summed E-state index contributed by atoms with van der Waals surface area (Å²) in [5.41, 5.74) is 0.206. The van der Waals surface area contributed by atoms with Gasteiger partial charge in [0.25, 0.3) is 0 Å². The molecule has 2 aliphatic rings. The van der Waals surface area contributed by atoms with Crippen LogP contribution in [0.1, 0.15) is 5.56 Å². The van der Waals surface area contributed by atoms with E-state index in [2.05, 4.69) is 10.3 Å². The lowest BCUT2D eigenvalue weighted by molar-refractivity contribution is -0.147. The molecule has 3 rings (SSSR count). The van der Waals surface area contributed by atoms with Gasteiger partial charge in [0.1, 0.15) is 23.7 Å². The zero-order valence-electron chi connectivity index (χ0n) is 13.1. The van der Waals surface area contributed by atoms with Crippen LogP contribution in [0.2, 0.25) is 0 Å². The zero-order chi connectivity index (χ0) is 17.3. The summed E-state index contributed by atoms with van der Waals surface area (Å²) in [6.07, 6.45) is -3.37. The normalized spacial score (nSPS) is 34.8. The maximum atomic E-state index is 12.4. The van der Waals surface area contributed by atoms with E-state index in [1.165, 1.54) is 11.8 Å². The van der Waals surface area contributed by atoms with E-state index in [1.807, 2.05) is 6.07 Å². The summed E-state index contributed by atoms with van der Waals surface area (Å²) in [5, 5.41) is 24.1. The number of aliphatic imine (C=N–C) groups is 1. The van der Waals surface area contributed by atoms with E-state index in [0.717, 1.165) is 0 Å². The molecule has 2 heterocycles. The van der Waals surface area contributed by atoms with Crippen LogP contribution >= 0.6 is 11.8 Å². The summed E-state index contributed by atoms with van der Waals surface area (Å²) < 4.78 is 30.6. The number of nitrogens with zero attached hydrogens (tertiary/aromatic N) is 1. The van der Waals surface area contributed by atoms with Crippen molar-refractivity contribution in [1.29, 1.82) is 0 Å². The Labute approximate surface area is 145 Å². The van der Waals surface area contributed by atoms with Gasteiger partial charge in [0, 0.05) is 7.05 Å². The first-order valence-corrected chi connectivity index (χ1v) is 10.3. The molecule has 0 radical (unpaired) electrons. The van der Waals surface area contributed by atoms with Crippen LogP contribution in [0.15, 0.2) is 35.3 Å². The molecule has 7 nitrogen and oxygen atoms in total. The van der Waals surface area contributed by atoms with Gasteiger partial charge in [-0.2, -0.15) is 0 Å². The van der Waals surface area contributed by atoms with Crippen molar-refractivity contribution in [2.75, 3.05) is 12.8 Å². The predicted molar refractivity (Wildman–Crippen MR) is 92.5 cm³/mol. The molecule has 2 saturated heterocycles. The minimum Gasteiger partial charge on any atom is -0.388 e. The van der Waals surface area contributed by atoms with Crippen LogP contribution < -0.4 is 5.32 Å². The molecule has 1 aromatic carbocycles. The molecule has 2 aliphatic heterocycles. The van der Waals surface area contributed by atoms with Gasteiger partial charge in [-0.05, 0) is 5.56 Å². The molecule has 9 heteroatoms. The first kappa shape index (κ1) is 17.7. The fourth-order valence-electron chi connectivity index (χ4n) is 2.86. The molecule has 0 amide bonds. The van der Waals surface area contributed by atoms with Crippen molar-refractivity contribution in [1.82, 2.24) is 5.32 Å². The quantitative estimate of drug-likeness (QED) is 0.668. The number of fused-ring (bicyclic) bond motifs is 1. The molecule has 5 atom stereocenters. The summed E-state index contributed by atoms with van der Waals surface area (Å²) in [7, 11) is -1.89. The number of benzene rings is 1. The van der Waals surface area contributed by atoms with E-state index < -0.39 is 39.6 Å². The van der Waals surface area contributed by atoms with E-state index in [0.29, 0.717) is 10.7 Å². The third-order valence-electron chi connectivity index (χ3n) is 4.07. The second kappa shape index (κ2) is 7.01. The Morgan fingerprint density at radius 2 is 1.96 bits per heavy atom. The van der Waals surface area contributed by atoms with Gasteiger partial charge in [-0.25, -0.2) is 8.42 Å². The monoisotopic (exact) mass is 372 g/mol. The van der Waals surface area contributed by atoms with Gasteiger partial charge < -0.3 is 20.3 Å². The van der Waals surface area contributed by atoms with Crippen LogP contribution in [0.5, 0.6) is 0 Å². The van der Waals surface area contributed by atoms with Gasteiger partial charge >= 0.3 is 0 Å². The molecular formula is C15H20N2O5S2. The van der Waals surface area contributed by atoms with Crippen LogP contribution in [0.25, 0.3) is 0 Å². The van der Waals surface area contributed by atoms with Gasteiger partial charge in [0.15, 0.2) is 15.0 Å². The molecule has 5 unspecified atom stereocenters. The highest BCUT2D eigenvalue weighted by Gasteiger charge is 2.49. The predicted octanol–water partition coefficient (Wildman–Crippen LogP) is -0.261. The topological polar surface area (TPSA) is 108 Å². The minimum atomic E-state index is -3.49. The van der Waals surface area contributed by atoms with Gasteiger partial charge in [-0.1, -0.05) is 42.1 Å². The number of nitrogens with one attached hydrogen (secondary N) is 1. The third kappa shape index (κ3) is 3.75.